The lowest BCUT2D eigenvalue weighted by molar-refractivity contribution is -0.146. The maximum atomic E-state index is 14.0. The fourth-order valence-electron chi connectivity index (χ4n) is 4.48. The van der Waals surface area contributed by atoms with Crippen molar-refractivity contribution in [3.63, 3.8) is 0 Å². The smallest absolute Gasteiger partial charge is 0.260 e. The van der Waals surface area contributed by atoms with Gasteiger partial charge in [-0.3, -0.25) is 19.2 Å². The number of alkyl halides is 2. The van der Waals surface area contributed by atoms with Gasteiger partial charge in [-0.15, -0.1) is 23.2 Å². The summed E-state index contributed by atoms with van der Waals surface area (Å²) in [5.41, 5.74) is -0.693. The maximum Gasteiger partial charge on any atom is 0.260 e. The zero-order chi connectivity index (χ0) is 26.7. The summed E-state index contributed by atoms with van der Waals surface area (Å²) in [5.74, 6) is -0.693. The fraction of sp³-hybridized carbons (Fsp3) is 0.522. The monoisotopic (exact) mass is 573 g/mol. The molecule has 3 rings (SSSR count). The molecule has 0 N–H and O–H groups in total. The van der Waals surface area contributed by atoms with Crippen LogP contribution in [0.15, 0.2) is 18.2 Å². The molecule has 0 bridgehead atoms. The van der Waals surface area contributed by atoms with E-state index in [0.29, 0.717) is 28.8 Å². The summed E-state index contributed by atoms with van der Waals surface area (Å²) in [4.78, 5) is 52.8. The summed E-state index contributed by atoms with van der Waals surface area (Å²) < 4.78 is 10.9. The number of benzene rings is 1. The first-order valence-electron chi connectivity index (χ1n) is 10.9. The zero-order valence-corrected chi connectivity index (χ0v) is 23.1. The average molecular weight is 575 g/mol. The summed E-state index contributed by atoms with van der Waals surface area (Å²) in [7, 11) is 1.47. The van der Waals surface area contributed by atoms with Crippen molar-refractivity contribution in [1.29, 1.82) is 5.26 Å². The number of carbonyl (C=O) groups excluding carboxylic acids is 4. The van der Waals surface area contributed by atoms with E-state index in [4.69, 9.17) is 32.7 Å². The van der Waals surface area contributed by atoms with Gasteiger partial charge in [0.25, 0.3) is 5.91 Å². The number of likely N-dealkylation sites (tertiary alicyclic amines) is 1. The van der Waals surface area contributed by atoms with Crippen molar-refractivity contribution in [3.05, 3.63) is 23.8 Å². The average Bonchev–Trinajstić information content (AvgIpc) is 3.46. The van der Waals surface area contributed by atoms with Crippen LogP contribution in [0, 0.1) is 16.7 Å². The van der Waals surface area contributed by atoms with Crippen LogP contribution >= 0.6 is 46.7 Å². The molecule has 2 heterocycles. The quantitative estimate of drug-likeness (QED) is 0.338. The third-order valence-corrected chi connectivity index (χ3v) is 9.01. The third kappa shape index (κ3) is 5.28. The number of amides is 2. The lowest BCUT2D eigenvalue weighted by Gasteiger charge is -2.40. The lowest BCUT2D eigenvalue weighted by Crippen LogP contribution is -2.56. The molecule has 0 aromatic heterocycles. The molecule has 1 saturated heterocycles. The molecule has 1 aromatic carbocycles. The van der Waals surface area contributed by atoms with Crippen molar-refractivity contribution in [2.75, 3.05) is 31.5 Å². The molecule has 194 valence electrons. The van der Waals surface area contributed by atoms with Gasteiger partial charge in [-0.1, -0.05) is 24.8 Å². The van der Waals surface area contributed by atoms with E-state index in [9.17, 15) is 24.4 Å². The third-order valence-electron chi connectivity index (χ3n) is 6.00. The molecule has 0 aliphatic carbocycles. The van der Waals surface area contributed by atoms with Crippen molar-refractivity contribution in [1.82, 2.24) is 9.80 Å². The molecule has 9 nitrogen and oxygen atoms in total. The van der Waals surface area contributed by atoms with Crippen molar-refractivity contribution in [2.24, 2.45) is 5.41 Å². The Hall–Kier alpha value is -2.13. The molecule has 0 saturated carbocycles. The number of thioether (sulfide) groups is 2. The Morgan fingerprint density at radius 1 is 1.19 bits per heavy atom. The lowest BCUT2D eigenvalue weighted by atomic mass is 9.79. The van der Waals surface area contributed by atoms with E-state index < -0.39 is 39.1 Å². The van der Waals surface area contributed by atoms with Gasteiger partial charge in [-0.05, 0) is 36.4 Å². The first-order chi connectivity index (χ1) is 17.1. The molecule has 0 spiro atoms. The van der Waals surface area contributed by atoms with Crippen molar-refractivity contribution < 1.29 is 28.7 Å². The Balaban J connectivity index is 2.17. The number of fused-ring (bicyclic) bond motifs is 1. The van der Waals surface area contributed by atoms with Crippen LogP contribution in [-0.2, 0) is 19.2 Å². The molecule has 2 unspecified atom stereocenters. The fourth-order valence-corrected chi connectivity index (χ4v) is 6.76. The molecule has 1 aromatic rings. The summed E-state index contributed by atoms with van der Waals surface area (Å²) in [5, 5.41) is 9.47. The molecular weight excluding hydrogens is 549 g/mol. The second-order valence-corrected chi connectivity index (χ2v) is 11.4. The molecule has 3 atom stereocenters. The maximum absolute atomic E-state index is 14.0. The first kappa shape index (κ1) is 28.4. The van der Waals surface area contributed by atoms with E-state index in [2.05, 4.69) is 6.07 Å². The molecule has 2 amide bonds. The van der Waals surface area contributed by atoms with E-state index in [0.717, 1.165) is 11.8 Å². The van der Waals surface area contributed by atoms with Gasteiger partial charge in [0.2, 0.25) is 22.9 Å². The Morgan fingerprint density at radius 2 is 1.86 bits per heavy atom. The van der Waals surface area contributed by atoms with Crippen LogP contribution in [0.1, 0.15) is 38.3 Å². The summed E-state index contributed by atoms with van der Waals surface area (Å²) in [6.07, 6.45) is -0.109. The van der Waals surface area contributed by atoms with Gasteiger partial charge in [0.05, 0.1) is 35.2 Å². The van der Waals surface area contributed by atoms with Gasteiger partial charge in [0.1, 0.15) is 0 Å². The van der Waals surface area contributed by atoms with Crippen LogP contribution < -0.4 is 9.47 Å². The number of likely N-dealkylation sites (N-methyl/N-ethyl adjacent to an activating group) is 1. The van der Waals surface area contributed by atoms with E-state index in [1.807, 2.05) is 0 Å². The number of hydrogen-bond donors (Lipinski definition) is 0. The Kier molecular flexibility index (Phi) is 9.09. The molecule has 1 fully saturated rings. The van der Waals surface area contributed by atoms with Gasteiger partial charge in [-0.25, -0.2) is 0 Å². The highest BCUT2D eigenvalue weighted by Gasteiger charge is 2.65. The molecule has 2 aliphatic rings. The van der Waals surface area contributed by atoms with Crippen LogP contribution in [0.25, 0.3) is 0 Å². The predicted molar refractivity (Wildman–Crippen MR) is 138 cm³/mol. The molecule has 36 heavy (non-hydrogen) atoms. The van der Waals surface area contributed by atoms with Crippen molar-refractivity contribution >= 4 is 68.8 Å². The van der Waals surface area contributed by atoms with Crippen LogP contribution in [0.5, 0.6) is 11.5 Å². The predicted octanol–water partition coefficient (Wildman–Crippen LogP) is 3.74. The minimum atomic E-state index is -1.76. The van der Waals surface area contributed by atoms with Crippen LogP contribution in [0.2, 0.25) is 0 Å². The number of nitrogens with zero attached hydrogens (tertiary/aromatic N) is 3. The summed E-state index contributed by atoms with van der Waals surface area (Å²) >= 11 is 12.9. The number of carbonyl (C=O) groups is 4. The van der Waals surface area contributed by atoms with Crippen LogP contribution in [0.3, 0.4) is 0 Å². The van der Waals surface area contributed by atoms with Gasteiger partial charge < -0.3 is 19.3 Å². The van der Waals surface area contributed by atoms with E-state index in [1.54, 1.807) is 32.0 Å². The Labute approximate surface area is 227 Å². The van der Waals surface area contributed by atoms with E-state index >= 15 is 0 Å². The van der Waals surface area contributed by atoms with Crippen LogP contribution in [-0.4, -0.2) is 68.2 Å². The second kappa shape index (κ2) is 11.5. The van der Waals surface area contributed by atoms with Gasteiger partial charge in [0.15, 0.2) is 16.4 Å². The second-order valence-electron chi connectivity index (χ2n) is 8.51. The van der Waals surface area contributed by atoms with Crippen LogP contribution in [0.4, 0.5) is 0 Å². The van der Waals surface area contributed by atoms with E-state index in [1.165, 1.54) is 16.8 Å². The highest BCUT2D eigenvalue weighted by molar-refractivity contribution is 8.15. The Morgan fingerprint density at radius 3 is 2.47 bits per heavy atom. The highest BCUT2D eigenvalue weighted by atomic mass is 35.5. The standard InChI is InChI=1S/C23H25Cl2N3O6S2/c1-4-17(29)28-20(14-5-6-15-16(7-14)34-13-33-15)22(2,11-26)10-23(28,36-19(31)9-25)21(32)27(3)12-35-18(30)8-24/h5-7,20H,4,8-10,12-13H2,1-3H3/t20?,22-,23?/m1/s1. The SMILES string of the molecule is CCC(=O)N1C(c2ccc3c(c2)OCO3)[C@@](C)(C#N)CC1(SC(=O)CCl)C(=O)N(C)CSC(=O)CCl. The zero-order valence-electron chi connectivity index (χ0n) is 19.9. The largest absolute Gasteiger partial charge is 0.454 e. The van der Waals surface area contributed by atoms with Gasteiger partial charge >= 0.3 is 0 Å². The topological polar surface area (TPSA) is 117 Å². The summed E-state index contributed by atoms with van der Waals surface area (Å²) in [6.45, 7) is 3.34. The number of rotatable bonds is 8. The number of ether oxygens (including phenoxy) is 2. The molecule has 13 heteroatoms. The molecule has 2 aliphatic heterocycles. The minimum Gasteiger partial charge on any atom is -0.454 e. The van der Waals surface area contributed by atoms with Crippen molar-refractivity contribution in [3.8, 4) is 17.6 Å². The number of nitriles is 1. The highest BCUT2D eigenvalue weighted by Crippen LogP contribution is 2.59. The first-order valence-corrected chi connectivity index (χ1v) is 13.8. The number of hydrogen-bond acceptors (Lipinski definition) is 9. The molecule has 0 radical (unpaired) electrons. The Bertz CT molecular complexity index is 1120. The number of halogens is 2. The van der Waals surface area contributed by atoms with Gasteiger partial charge in [0, 0.05) is 19.9 Å². The summed E-state index contributed by atoms with van der Waals surface area (Å²) in [6, 6.07) is 6.50. The van der Waals surface area contributed by atoms with Crippen molar-refractivity contribution in [2.45, 2.75) is 37.6 Å². The normalized spacial score (nSPS) is 24.3. The van der Waals surface area contributed by atoms with Gasteiger partial charge in [-0.2, -0.15) is 5.26 Å². The molecular formula is C23H25Cl2N3O6S2. The van der Waals surface area contributed by atoms with E-state index in [-0.39, 0.29) is 36.5 Å². The minimum absolute atomic E-state index is 0.0242.